The fraction of sp³-hybridized carbons (Fsp3) is 0.571. The van der Waals surface area contributed by atoms with Crippen LogP contribution in [0.25, 0.3) is 0 Å². The molecule has 2 rings (SSSR count). The number of nitrogens with two attached hydrogens (primary N) is 1. The highest BCUT2D eigenvalue weighted by Crippen LogP contribution is 2.51. The van der Waals surface area contributed by atoms with Crippen LogP contribution in [-0.4, -0.2) is 4.98 Å². The van der Waals surface area contributed by atoms with Gasteiger partial charge in [0.2, 0.25) is 0 Å². The highest BCUT2D eigenvalue weighted by molar-refractivity contribution is 5.29. The van der Waals surface area contributed by atoms with E-state index in [0.29, 0.717) is 18.5 Å². The molecule has 0 spiro atoms. The molecule has 0 amide bonds. The quantitative estimate of drug-likeness (QED) is 0.874. The Kier molecular flexibility index (Phi) is 2.90. The summed E-state index contributed by atoms with van der Waals surface area (Å²) in [6.45, 7) is 5.83. The van der Waals surface area contributed by atoms with Crippen LogP contribution in [0.2, 0.25) is 0 Å². The van der Waals surface area contributed by atoms with Crippen molar-refractivity contribution in [2.75, 3.05) is 0 Å². The lowest BCUT2D eigenvalue weighted by Crippen LogP contribution is -2.54. The van der Waals surface area contributed by atoms with Gasteiger partial charge in [-0.25, -0.2) is 4.39 Å². The molecule has 1 aliphatic rings. The molecule has 0 aromatic carbocycles. The largest absolute Gasteiger partial charge is 0.320 e. The Hall–Kier alpha value is -1.47. The minimum absolute atomic E-state index is 0.237. The van der Waals surface area contributed by atoms with Crippen molar-refractivity contribution in [1.29, 1.82) is 5.26 Å². The van der Waals surface area contributed by atoms with E-state index in [9.17, 15) is 4.39 Å². The first-order valence-electron chi connectivity index (χ1n) is 6.16. The van der Waals surface area contributed by atoms with Gasteiger partial charge in [0.05, 0.1) is 22.7 Å². The van der Waals surface area contributed by atoms with Gasteiger partial charge in [0.15, 0.2) is 0 Å². The molecule has 0 unspecified atom stereocenters. The summed E-state index contributed by atoms with van der Waals surface area (Å²) in [5.74, 6) is -0.121. The van der Waals surface area contributed by atoms with Gasteiger partial charge in [-0.3, -0.25) is 4.98 Å². The van der Waals surface area contributed by atoms with Gasteiger partial charge in [-0.1, -0.05) is 13.8 Å². The van der Waals surface area contributed by atoms with Gasteiger partial charge >= 0.3 is 0 Å². The molecule has 0 atom stereocenters. The fourth-order valence-corrected chi connectivity index (χ4v) is 2.72. The summed E-state index contributed by atoms with van der Waals surface area (Å²) in [4.78, 5) is 4.18. The van der Waals surface area contributed by atoms with Crippen LogP contribution in [0.1, 0.15) is 50.8 Å². The van der Waals surface area contributed by atoms with Crippen LogP contribution < -0.4 is 5.73 Å². The number of pyridine rings is 1. The summed E-state index contributed by atoms with van der Waals surface area (Å²) < 4.78 is 14.1. The Bertz CT molecular complexity index is 510. The molecule has 2 N–H and O–H groups in total. The van der Waals surface area contributed by atoms with E-state index in [1.165, 1.54) is 6.07 Å². The van der Waals surface area contributed by atoms with Gasteiger partial charge in [-0.15, -0.1) is 0 Å². The maximum absolute atomic E-state index is 14.1. The second-order valence-electron chi connectivity index (χ2n) is 5.94. The monoisotopic (exact) mass is 247 g/mol. The highest BCUT2D eigenvalue weighted by Gasteiger charge is 2.52. The van der Waals surface area contributed by atoms with Crippen LogP contribution in [0.3, 0.4) is 0 Å². The Morgan fingerprint density at radius 2 is 2.11 bits per heavy atom. The van der Waals surface area contributed by atoms with Gasteiger partial charge in [0.1, 0.15) is 5.82 Å². The number of halogens is 1. The van der Waals surface area contributed by atoms with E-state index in [1.54, 1.807) is 6.20 Å². The Labute approximate surface area is 107 Å². The summed E-state index contributed by atoms with van der Waals surface area (Å²) >= 11 is 0. The lowest BCUT2D eigenvalue weighted by molar-refractivity contribution is 0.0900. The molecule has 1 aliphatic carbocycles. The predicted octanol–water partition coefficient (Wildman–Crippen LogP) is 2.82. The van der Waals surface area contributed by atoms with Crippen LogP contribution in [0.5, 0.6) is 0 Å². The van der Waals surface area contributed by atoms with E-state index in [4.69, 9.17) is 11.0 Å². The third kappa shape index (κ3) is 1.99. The van der Waals surface area contributed by atoms with Crippen molar-refractivity contribution in [3.05, 3.63) is 29.3 Å². The zero-order valence-electron chi connectivity index (χ0n) is 11.0. The fourth-order valence-electron chi connectivity index (χ4n) is 2.72. The van der Waals surface area contributed by atoms with Crippen LogP contribution in [0, 0.1) is 22.6 Å². The summed E-state index contributed by atoms with van der Waals surface area (Å²) in [5.41, 5.74) is 6.07. The van der Waals surface area contributed by atoms with Crippen LogP contribution in [0.4, 0.5) is 4.39 Å². The zero-order valence-corrected chi connectivity index (χ0v) is 11.0. The number of hydrogen-bond acceptors (Lipinski definition) is 3. The van der Waals surface area contributed by atoms with Crippen molar-refractivity contribution in [2.24, 2.45) is 11.1 Å². The lowest BCUT2D eigenvalue weighted by Gasteiger charge is -2.48. The molecular weight excluding hydrogens is 229 g/mol. The minimum atomic E-state index is -0.788. The average molecular weight is 247 g/mol. The average Bonchev–Trinajstić information content (AvgIpc) is 2.26. The van der Waals surface area contributed by atoms with E-state index >= 15 is 0 Å². The van der Waals surface area contributed by atoms with Gasteiger partial charge in [0.25, 0.3) is 0 Å². The van der Waals surface area contributed by atoms with E-state index in [0.717, 1.165) is 5.56 Å². The van der Waals surface area contributed by atoms with E-state index < -0.39 is 11.0 Å². The smallest absolute Gasteiger partial charge is 0.146 e. The van der Waals surface area contributed by atoms with E-state index in [-0.39, 0.29) is 11.7 Å². The van der Waals surface area contributed by atoms with Gasteiger partial charge in [-0.05, 0) is 37.3 Å². The Morgan fingerprint density at radius 3 is 2.56 bits per heavy atom. The van der Waals surface area contributed by atoms with Gasteiger partial charge < -0.3 is 5.73 Å². The van der Waals surface area contributed by atoms with Crippen molar-refractivity contribution in [2.45, 2.75) is 45.1 Å². The number of rotatable bonds is 2. The van der Waals surface area contributed by atoms with Crippen LogP contribution in [0.15, 0.2) is 12.3 Å². The molecule has 1 heterocycles. The Balaban J connectivity index is 2.29. The molecule has 1 aromatic heterocycles. The molecule has 0 aliphatic heterocycles. The number of nitrogens with zero attached hydrogens (tertiary/aromatic N) is 2. The molecule has 4 heteroatoms. The molecule has 0 saturated heterocycles. The topological polar surface area (TPSA) is 62.7 Å². The zero-order chi connectivity index (χ0) is 13.6. The molecule has 96 valence electrons. The second-order valence-corrected chi connectivity index (χ2v) is 5.94. The maximum atomic E-state index is 14.1. The SMILES string of the molecule is CC(C)c1cnc(C2(N)CC(C)(C#N)C2)c(F)c1. The molecule has 1 saturated carbocycles. The summed E-state index contributed by atoms with van der Waals surface area (Å²) in [6.07, 6.45) is 2.60. The maximum Gasteiger partial charge on any atom is 0.146 e. The van der Waals surface area contributed by atoms with Crippen molar-refractivity contribution in [1.82, 2.24) is 4.98 Å². The molecular formula is C14H18FN3. The first-order chi connectivity index (χ1) is 8.30. The van der Waals surface area contributed by atoms with Crippen molar-refractivity contribution in [3.63, 3.8) is 0 Å². The number of aromatic nitrogens is 1. The second kappa shape index (κ2) is 4.03. The third-order valence-corrected chi connectivity index (χ3v) is 3.68. The standard InChI is InChI=1S/C14H18FN3/c1-9(2)10-4-11(15)12(18-5-10)14(17)6-13(3,7-14)8-16/h4-5,9H,6-7,17H2,1-3H3. The van der Waals surface area contributed by atoms with Crippen molar-refractivity contribution >= 4 is 0 Å². The molecule has 0 bridgehead atoms. The summed E-state index contributed by atoms with van der Waals surface area (Å²) in [5, 5.41) is 8.99. The highest BCUT2D eigenvalue weighted by atomic mass is 19.1. The van der Waals surface area contributed by atoms with Gasteiger partial charge in [0, 0.05) is 6.20 Å². The number of hydrogen-bond donors (Lipinski definition) is 1. The van der Waals surface area contributed by atoms with E-state index in [2.05, 4.69) is 11.1 Å². The molecule has 1 aromatic rings. The number of nitriles is 1. The molecule has 1 fully saturated rings. The van der Waals surface area contributed by atoms with Crippen molar-refractivity contribution < 1.29 is 4.39 Å². The van der Waals surface area contributed by atoms with Crippen molar-refractivity contribution in [3.8, 4) is 6.07 Å². The molecule has 18 heavy (non-hydrogen) atoms. The van der Waals surface area contributed by atoms with E-state index in [1.807, 2.05) is 20.8 Å². The van der Waals surface area contributed by atoms with Crippen LogP contribution >= 0.6 is 0 Å². The third-order valence-electron chi connectivity index (χ3n) is 3.68. The molecule has 0 radical (unpaired) electrons. The predicted molar refractivity (Wildman–Crippen MR) is 67.1 cm³/mol. The lowest BCUT2D eigenvalue weighted by atomic mass is 9.58. The summed E-state index contributed by atoms with van der Waals surface area (Å²) in [6, 6.07) is 3.73. The molecule has 3 nitrogen and oxygen atoms in total. The minimum Gasteiger partial charge on any atom is -0.320 e. The first kappa shape index (κ1) is 13.0. The Morgan fingerprint density at radius 1 is 1.50 bits per heavy atom. The van der Waals surface area contributed by atoms with Crippen LogP contribution in [-0.2, 0) is 5.54 Å². The first-order valence-corrected chi connectivity index (χ1v) is 6.16. The van der Waals surface area contributed by atoms with Gasteiger partial charge in [-0.2, -0.15) is 5.26 Å². The normalized spacial score (nSPS) is 30.9. The summed E-state index contributed by atoms with van der Waals surface area (Å²) in [7, 11) is 0.